The fourth-order valence-electron chi connectivity index (χ4n) is 0.847. The Morgan fingerprint density at radius 3 is 2.80 bits per heavy atom. The van der Waals surface area contributed by atoms with E-state index in [9.17, 15) is 4.79 Å². The zero-order valence-electron chi connectivity index (χ0n) is 6.18. The molecule has 1 aliphatic heterocycles. The van der Waals surface area contributed by atoms with Crippen molar-refractivity contribution in [2.75, 3.05) is 0 Å². The molecule has 0 saturated heterocycles. The van der Waals surface area contributed by atoms with Gasteiger partial charge in [-0.2, -0.15) is 0 Å². The lowest BCUT2D eigenvalue weighted by Crippen LogP contribution is -1.89. The van der Waals surface area contributed by atoms with Crippen LogP contribution in [0, 0.1) is 0 Å². The van der Waals surface area contributed by atoms with E-state index in [2.05, 4.69) is 4.74 Å². The molecule has 0 aromatic heterocycles. The van der Waals surface area contributed by atoms with Crippen LogP contribution >= 0.6 is 0 Å². The van der Waals surface area contributed by atoms with Gasteiger partial charge in [0.05, 0.1) is 12.7 Å². The molecule has 0 aliphatic carbocycles. The zero-order chi connectivity index (χ0) is 7.56. The van der Waals surface area contributed by atoms with E-state index in [1.807, 2.05) is 19.9 Å². The summed E-state index contributed by atoms with van der Waals surface area (Å²) in [6.07, 6.45) is 3.88. The van der Waals surface area contributed by atoms with Gasteiger partial charge in [-0.05, 0) is 19.4 Å². The van der Waals surface area contributed by atoms with Gasteiger partial charge >= 0.3 is 5.97 Å². The Kier molecular flexibility index (Phi) is 1.90. The maximum atomic E-state index is 10.5. The number of hydrogen-bond acceptors (Lipinski definition) is 2. The highest BCUT2D eigenvalue weighted by Gasteiger charge is 2.11. The van der Waals surface area contributed by atoms with E-state index >= 15 is 0 Å². The molecule has 10 heavy (non-hydrogen) atoms. The van der Waals surface area contributed by atoms with Gasteiger partial charge in [0.25, 0.3) is 0 Å². The van der Waals surface area contributed by atoms with E-state index in [4.69, 9.17) is 0 Å². The lowest BCUT2D eigenvalue weighted by Gasteiger charge is -1.87. The minimum Gasteiger partial charge on any atom is -0.434 e. The largest absolute Gasteiger partial charge is 0.434 e. The van der Waals surface area contributed by atoms with Gasteiger partial charge in [-0.3, -0.25) is 4.79 Å². The molecule has 0 saturated carbocycles. The van der Waals surface area contributed by atoms with Crippen molar-refractivity contribution in [2.45, 2.75) is 20.3 Å². The van der Waals surface area contributed by atoms with Gasteiger partial charge in [0, 0.05) is 0 Å². The Morgan fingerprint density at radius 2 is 2.40 bits per heavy atom. The van der Waals surface area contributed by atoms with Crippen LogP contribution in [0.15, 0.2) is 23.5 Å². The third kappa shape index (κ3) is 1.72. The average Bonchev–Trinajstić information content (AvgIpc) is 2.13. The van der Waals surface area contributed by atoms with Crippen LogP contribution in [0.25, 0.3) is 0 Å². The number of cyclic esters (lactones) is 1. The van der Waals surface area contributed by atoms with Crippen molar-refractivity contribution in [3.63, 3.8) is 0 Å². The van der Waals surface area contributed by atoms with Crippen LogP contribution in [-0.4, -0.2) is 5.97 Å². The minimum absolute atomic E-state index is 0.160. The number of carbonyl (C=O) groups excluding carboxylic acids is 1. The van der Waals surface area contributed by atoms with E-state index in [-0.39, 0.29) is 5.97 Å². The molecule has 1 heterocycles. The van der Waals surface area contributed by atoms with E-state index in [0.29, 0.717) is 6.42 Å². The second-order valence-corrected chi connectivity index (χ2v) is 2.58. The molecule has 0 spiro atoms. The summed E-state index contributed by atoms with van der Waals surface area (Å²) in [5, 5.41) is 0. The number of ether oxygens (including phenoxy) is 1. The molecule has 1 aliphatic rings. The molecule has 0 bridgehead atoms. The van der Waals surface area contributed by atoms with Crippen molar-refractivity contribution < 1.29 is 9.53 Å². The summed E-state index contributed by atoms with van der Waals surface area (Å²) in [4.78, 5) is 10.5. The van der Waals surface area contributed by atoms with Crippen LogP contribution in [0.5, 0.6) is 0 Å². The molecule has 0 atom stereocenters. The summed E-state index contributed by atoms with van der Waals surface area (Å²) < 4.78 is 4.62. The summed E-state index contributed by atoms with van der Waals surface area (Å²) >= 11 is 0. The molecule has 1 rings (SSSR count). The molecule has 0 radical (unpaired) electrons. The average molecular weight is 138 g/mol. The first-order chi connectivity index (χ1) is 4.68. The highest BCUT2D eigenvalue weighted by atomic mass is 16.5. The number of carbonyl (C=O) groups is 1. The summed E-state index contributed by atoms with van der Waals surface area (Å²) in [7, 11) is 0. The minimum atomic E-state index is -0.160. The highest BCUT2D eigenvalue weighted by molar-refractivity contribution is 5.76. The van der Waals surface area contributed by atoms with Gasteiger partial charge in [0.1, 0.15) is 0 Å². The van der Waals surface area contributed by atoms with Crippen LogP contribution in [0.1, 0.15) is 20.3 Å². The Balaban J connectivity index is 2.61. The molecule has 0 N–H and O–H groups in total. The van der Waals surface area contributed by atoms with E-state index in [1.165, 1.54) is 11.8 Å². The van der Waals surface area contributed by atoms with Crippen molar-refractivity contribution >= 4 is 5.97 Å². The topological polar surface area (TPSA) is 26.3 Å². The number of allylic oxidation sites excluding steroid dienone is 2. The summed E-state index contributed by atoms with van der Waals surface area (Å²) in [6, 6.07) is 0. The normalized spacial score (nSPS) is 16.2. The van der Waals surface area contributed by atoms with Gasteiger partial charge in [0.2, 0.25) is 0 Å². The van der Waals surface area contributed by atoms with E-state index in [0.717, 1.165) is 5.57 Å². The lowest BCUT2D eigenvalue weighted by molar-refractivity contribution is -0.135. The van der Waals surface area contributed by atoms with Gasteiger partial charge in [-0.15, -0.1) is 0 Å². The summed E-state index contributed by atoms with van der Waals surface area (Å²) in [5.41, 5.74) is 2.15. The first kappa shape index (κ1) is 7.06. The fraction of sp³-hybridized carbons (Fsp3) is 0.375. The first-order valence-electron chi connectivity index (χ1n) is 3.22. The van der Waals surface area contributed by atoms with Gasteiger partial charge < -0.3 is 4.74 Å². The molecule has 0 amide bonds. The monoisotopic (exact) mass is 138 g/mol. The van der Waals surface area contributed by atoms with Crippen molar-refractivity contribution in [3.05, 3.63) is 23.5 Å². The molecule has 0 unspecified atom stereocenters. The summed E-state index contributed by atoms with van der Waals surface area (Å²) in [5.74, 6) is -0.160. The van der Waals surface area contributed by atoms with E-state index in [1.54, 1.807) is 0 Å². The van der Waals surface area contributed by atoms with Crippen LogP contribution < -0.4 is 0 Å². The SMILES string of the molecule is CC(C)=CC1=COC(=O)C1. The molecule has 2 heteroatoms. The Morgan fingerprint density at radius 1 is 1.70 bits per heavy atom. The molecular formula is C8H10O2. The molecular weight excluding hydrogens is 128 g/mol. The third-order valence-electron chi connectivity index (χ3n) is 1.16. The number of esters is 1. The van der Waals surface area contributed by atoms with Crippen LogP contribution in [0.3, 0.4) is 0 Å². The predicted octanol–water partition coefficient (Wildman–Crippen LogP) is 1.78. The van der Waals surface area contributed by atoms with Crippen molar-refractivity contribution in [1.82, 2.24) is 0 Å². The number of hydrogen-bond donors (Lipinski definition) is 0. The molecule has 2 nitrogen and oxygen atoms in total. The zero-order valence-corrected chi connectivity index (χ0v) is 6.18. The third-order valence-corrected chi connectivity index (χ3v) is 1.16. The molecule has 0 aromatic carbocycles. The molecule has 0 fully saturated rings. The summed E-state index contributed by atoms with van der Waals surface area (Å²) in [6.45, 7) is 3.98. The quantitative estimate of drug-likeness (QED) is 0.516. The second-order valence-electron chi connectivity index (χ2n) is 2.58. The predicted molar refractivity (Wildman–Crippen MR) is 38.2 cm³/mol. The van der Waals surface area contributed by atoms with Crippen molar-refractivity contribution in [3.8, 4) is 0 Å². The van der Waals surface area contributed by atoms with Crippen LogP contribution in [0.2, 0.25) is 0 Å². The smallest absolute Gasteiger partial charge is 0.315 e. The van der Waals surface area contributed by atoms with Crippen LogP contribution in [0.4, 0.5) is 0 Å². The van der Waals surface area contributed by atoms with Crippen molar-refractivity contribution in [2.24, 2.45) is 0 Å². The fourth-order valence-corrected chi connectivity index (χ4v) is 0.847. The Hall–Kier alpha value is -1.05. The molecule has 0 aromatic rings. The Bertz CT molecular complexity index is 207. The Labute approximate surface area is 60.2 Å². The van der Waals surface area contributed by atoms with Gasteiger partial charge in [-0.1, -0.05) is 11.6 Å². The van der Waals surface area contributed by atoms with Crippen LogP contribution in [-0.2, 0) is 9.53 Å². The highest BCUT2D eigenvalue weighted by Crippen LogP contribution is 2.14. The van der Waals surface area contributed by atoms with E-state index < -0.39 is 0 Å². The lowest BCUT2D eigenvalue weighted by atomic mass is 10.2. The number of rotatable bonds is 1. The standard InChI is InChI=1S/C8H10O2/c1-6(2)3-7-4-8(9)10-5-7/h3,5H,4H2,1-2H3. The maximum absolute atomic E-state index is 10.5. The van der Waals surface area contributed by atoms with Crippen molar-refractivity contribution in [1.29, 1.82) is 0 Å². The molecule has 54 valence electrons. The first-order valence-corrected chi connectivity index (χ1v) is 3.22. The second kappa shape index (κ2) is 2.69. The maximum Gasteiger partial charge on any atom is 0.315 e. The van der Waals surface area contributed by atoms with Gasteiger partial charge in [-0.25, -0.2) is 0 Å². The van der Waals surface area contributed by atoms with Gasteiger partial charge in [0.15, 0.2) is 0 Å².